The van der Waals surface area contributed by atoms with E-state index in [0.717, 1.165) is 23.7 Å². The van der Waals surface area contributed by atoms with Gasteiger partial charge in [0.05, 0.1) is 12.2 Å². The summed E-state index contributed by atoms with van der Waals surface area (Å²) in [5.74, 6) is 0.867. The van der Waals surface area contributed by atoms with Crippen molar-refractivity contribution in [3.05, 3.63) is 36.2 Å². The van der Waals surface area contributed by atoms with Crippen LogP contribution >= 0.6 is 0 Å². The zero-order chi connectivity index (χ0) is 14.4. The monoisotopic (exact) mass is 275 g/mol. The predicted molar refractivity (Wildman–Crippen MR) is 79.0 cm³/mol. The highest BCUT2D eigenvalue weighted by Gasteiger charge is 2.01. The number of anilines is 1. The van der Waals surface area contributed by atoms with E-state index >= 15 is 0 Å². The maximum atomic E-state index is 5.74. The number of hydrogen-bond acceptors (Lipinski definition) is 5. The summed E-state index contributed by atoms with van der Waals surface area (Å²) in [6, 6.07) is 8.02. The first kappa shape index (κ1) is 14.3. The van der Waals surface area contributed by atoms with Gasteiger partial charge in [-0.25, -0.2) is 4.68 Å². The Hall–Kier alpha value is -2.08. The SMILES string of the molecule is CNCc1cn(CCOc2cccc(N(C)C)c2)nn1. The fourth-order valence-electron chi connectivity index (χ4n) is 1.82. The normalized spacial score (nSPS) is 10.6. The average molecular weight is 275 g/mol. The van der Waals surface area contributed by atoms with Gasteiger partial charge in [0.2, 0.25) is 0 Å². The van der Waals surface area contributed by atoms with Crippen LogP contribution in [0.3, 0.4) is 0 Å². The lowest BCUT2D eigenvalue weighted by atomic mass is 10.3. The van der Waals surface area contributed by atoms with Crippen LogP contribution in [0.1, 0.15) is 5.69 Å². The van der Waals surface area contributed by atoms with Crippen LogP contribution in [0.4, 0.5) is 5.69 Å². The van der Waals surface area contributed by atoms with Crippen LogP contribution in [0, 0.1) is 0 Å². The fraction of sp³-hybridized carbons (Fsp3) is 0.429. The lowest BCUT2D eigenvalue weighted by Gasteiger charge is -2.14. The van der Waals surface area contributed by atoms with Gasteiger partial charge in [-0.15, -0.1) is 5.10 Å². The second-order valence-electron chi connectivity index (χ2n) is 4.74. The van der Waals surface area contributed by atoms with E-state index in [-0.39, 0.29) is 0 Å². The minimum absolute atomic E-state index is 0.569. The number of nitrogens with one attached hydrogen (secondary N) is 1. The maximum Gasteiger partial charge on any atom is 0.121 e. The molecule has 0 saturated carbocycles. The van der Waals surface area contributed by atoms with Gasteiger partial charge < -0.3 is 15.0 Å². The van der Waals surface area contributed by atoms with E-state index < -0.39 is 0 Å². The third-order valence-corrected chi connectivity index (χ3v) is 2.87. The molecule has 6 heteroatoms. The Morgan fingerprint density at radius 3 is 2.95 bits per heavy atom. The number of nitrogens with zero attached hydrogens (tertiary/aromatic N) is 4. The quantitative estimate of drug-likeness (QED) is 0.821. The molecule has 0 amide bonds. The van der Waals surface area contributed by atoms with Gasteiger partial charge in [-0.2, -0.15) is 0 Å². The predicted octanol–water partition coefficient (Wildman–Crippen LogP) is 1.14. The van der Waals surface area contributed by atoms with Crippen molar-refractivity contribution in [1.82, 2.24) is 20.3 Å². The summed E-state index contributed by atoms with van der Waals surface area (Å²) in [6.07, 6.45) is 1.93. The molecule has 0 aliphatic carbocycles. The summed E-state index contributed by atoms with van der Waals surface area (Å²) in [6.45, 7) is 1.98. The van der Waals surface area contributed by atoms with Crippen LogP contribution in [0.5, 0.6) is 5.75 Å². The highest BCUT2D eigenvalue weighted by molar-refractivity contribution is 5.49. The van der Waals surface area contributed by atoms with Crippen LogP contribution in [0.25, 0.3) is 0 Å². The molecule has 1 aromatic carbocycles. The van der Waals surface area contributed by atoms with E-state index in [2.05, 4.69) is 15.6 Å². The highest BCUT2D eigenvalue weighted by Crippen LogP contribution is 2.19. The molecule has 1 N–H and O–H groups in total. The number of rotatable bonds is 7. The Morgan fingerprint density at radius 1 is 1.35 bits per heavy atom. The first-order valence-corrected chi connectivity index (χ1v) is 6.63. The molecule has 1 heterocycles. The van der Waals surface area contributed by atoms with Gasteiger partial charge in [0, 0.05) is 38.6 Å². The largest absolute Gasteiger partial charge is 0.492 e. The second-order valence-corrected chi connectivity index (χ2v) is 4.74. The van der Waals surface area contributed by atoms with Crippen molar-refractivity contribution in [1.29, 1.82) is 0 Å². The summed E-state index contributed by atoms with van der Waals surface area (Å²) in [7, 11) is 5.91. The molecule has 0 fully saturated rings. The van der Waals surface area contributed by atoms with Crippen molar-refractivity contribution < 1.29 is 4.74 Å². The number of ether oxygens (including phenoxy) is 1. The molecule has 108 valence electrons. The summed E-state index contributed by atoms with van der Waals surface area (Å²) in [5.41, 5.74) is 2.06. The average Bonchev–Trinajstić information content (AvgIpc) is 2.87. The number of hydrogen-bond donors (Lipinski definition) is 1. The molecular formula is C14H21N5O. The molecule has 0 radical (unpaired) electrons. The fourth-order valence-corrected chi connectivity index (χ4v) is 1.82. The molecule has 2 aromatic rings. The Kier molecular flexibility index (Phi) is 4.95. The van der Waals surface area contributed by atoms with Gasteiger partial charge in [-0.3, -0.25) is 0 Å². The van der Waals surface area contributed by atoms with E-state index in [1.54, 1.807) is 4.68 Å². The van der Waals surface area contributed by atoms with Crippen LogP contribution in [-0.2, 0) is 13.1 Å². The first-order chi connectivity index (χ1) is 9.69. The first-order valence-electron chi connectivity index (χ1n) is 6.63. The molecule has 0 aliphatic rings. The standard InChI is InChI=1S/C14H21N5O/c1-15-10-12-11-19(17-16-12)7-8-20-14-6-4-5-13(9-14)18(2)3/h4-6,9,11,15H,7-8,10H2,1-3H3. The lowest BCUT2D eigenvalue weighted by molar-refractivity contribution is 0.290. The molecule has 0 bridgehead atoms. The number of aromatic nitrogens is 3. The van der Waals surface area contributed by atoms with Gasteiger partial charge in [0.15, 0.2) is 0 Å². The topological polar surface area (TPSA) is 55.2 Å². The third kappa shape index (κ3) is 3.96. The molecule has 20 heavy (non-hydrogen) atoms. The van der Waals surface area contributed by atoms with Crippen LogP contribution < -0.4 is 15.0 Å². The summed E-state index contributed by atoms with van der Waals surface area (Å²) >= 11 is 0. The lowest BCUT2D eigenvalue weighted by Crippen LogP contribution is -2.10. The zero-order valence-corrected chi connectivity index (χ0v) is 12.2. The van der Waals surface area contributed by atoms with Gasteiger partial charge in [-0.05, 0) is 19.2 Å². The Bertz CT molecular complexity index is 538. The van der Waals surface area contributed by atoms with Gasteiger partial charge in [0.25, 0.3) is 0 Å². The molecular weight excluding hydrogens is 254 g/mol. The van der Waals surface area contributed by atoms with E-state index in [9.17, 15) is 0 Å². The van der Waals surface area contributed by atoms with Crippen molar-refractivity contribution in [3.8, 4) is 5.75 Å². The molecule has 1 aromatic heterocycles. The second kappa shape index (κ2) is 6.91. The van der Waals surface area contributed by atoms with E-state index in [1.807, 2.05) is 56.5 Å². The van der Waals surface area contributed by atoms with E-state index in [1.165, 1.54) is 0 Å². The minimum Gasteiger partial charge on any atom is -0.492 e. The van der Waals surface area contributed by atoms with Gasteiger partial charge >= 0.3 is 0 Å². The van der Waals surface area contributed by atoms with Crippen LogP contribution in [0.15, 0.2) is 30.5 Å². The van der Waals surface area contributed by atoms with Crippen molar-refractivity contribution in [2.45, 2.75) is 13.1 Å². The van der Waals surface area contributed by atoms with E-state index in [0.29, 0.717) is 13.2 Å². The maximum absolute atomic E-state index is 5.74. The van der Waals surface area contributed by atoms with Crippen molar-refractivity contribution in [3.63, 3.8) is 0 Å². The summed E-state index contributed by atoms with van der Waals surface area (Å²) in [4.78, 5) is 2.05. The van der Waals surface area contributed by atoms with Gasteiger partial charge in [0.1, 0.15) is 12.4 Å². The highest BCUT2D eigenvalue weighted by atomic mass is 16.5. The Balaban J connectivity index is 1.84. The smallest absolute Gasteiger partial charge is 0.121 e. The van der Waals surface area contributed by atoms with Crippen LogP contribution in [-0.4, -0.2) is 42.7 Å². The zero-order valence-electron chi connectivity index (χ0n) is 12.2. The molecule has 0 unspecified atom stereocenters. The molecule has 0 spiro atoms. The molecule has 0 saturated heterocycles. The van der Waals surface area contributed by atoms with E-state index in [4.69, 9.17) is 4.74 Å². The summed E-state index contributed by atoms with van der Waals surface area (Å²) < 4.78 is 7.53. The number of benzene rings is 1. The van der Waals surface area contributed by atoms with Crippen molar-refractivity contribution in [2.75, 3.05) is 32.6 Å². The summed E-state index contributed by atoms with van der Waals surface area (Å²) in [5, 5.41) is 11.2. The Morgan fingerprint density at radius 2 is 2.20 bits per heavy atom. The van der Waals surface area contributed by atoms with Crippen LogP contribution in [0.2, 0.25) is 0 Å². The van der Waals surface area contributed by atoms with Gasteiger partial charge in [-0.1, -0.05) is 11.3 Å². The molecule has 0 atom stereocenters. The minimum atomic E-state index is 0.569. The third-order valence-electron chi connectivity index (χ3n) is 2.87. The molecule has 6 nitrogen and oxygen atoms in total. The molecule has 0 aliphatic heterocycles. The Labute approximate surface area is 119 Å². The van der Waals surface area contributed by atoms with Crippen molar-refractivity contribution >= 4 is 5.69 Å². The molecule has 2 rings (SSSR count). The van der Waals surface area contributed by atoms with Crippen molar-refractivity contribution in [2.24, 2.45) is 0 Å².